The molecule has 0 amide bonds. The lowest BCUT2D eigenvalue weighted by molar-refractivity contribution is 0.0518. The highest BCUT2D eigenvalue weighted by Gasteiger charge is 2.22. The van der Waals surface area contributed by atoms with Crippen molar-refractivity contribution in [2.45, 2.75) is 18.7 Å². The predicted octanol–water partition coefficient (Wildman–Crippen LogP) is 2.61. The molecule has 0 saturated heterocycles. The van der Waals surface area contributed by atoms with Gasteiger partial charge in [0.1, 0.15) is 0 Å². The van der Waals surface area contributed by atoms with Crippen molar-refractivity contribution in [1.82, 2.24) is 19.8 Å². The van der Waals surface area contributed by atoms with Crippen LogP contribution in [0.25, 0.3) is 0 Å². The van der Waals surface area contributed by atoms with Gasteiger partial charge in [-0.3, -0.25) is 0 Å². The summed E-state index contributed by atoms with van der Waals surface area (Å²) in [6.45, 7) is 3.46. The van der Waals surface area contributed by atoms with Gasteiger partial charge in [-0.1, -0.05) is 35.0 Å². The first-order valence-corrected chi connectivity index (χ1v) is 10.7. The average Bonchev–Trinajstić information content (AvgIpc) is 3.11. The molecule has 0 radical (unpaired) electrons. The third-order valence-electron chi connectivity index (χ3n) is 3.99. The van der Waals surface area contributed by atoms with Crippen LogP contribution in [0.15, 0.2) is 64.6 Å². The van der Waals surface area contributed by atoms with Crippen LogP contribution in [-0.4, -0.2) is 41.8 Å². The van der Waals surface area contributed by atoms with Gasteiger partial charge in [0.25, 0.3) is 10.0 Å². The molecule has 0 atom stereocenters. The number of sulfonamides is 1. The van der Waals surface area contributed by atoms with Gasteiger partial charge in [-0.05, 0) is 50.2 Å². The zero-order valence-corrected chi connectivity index (χ0v) is 17.7. The van der Waals surface area contributed by atoms with E-state index >= 15 is 0 Å². The van der Waals surface area contributed by atoms with Crippen LogP contribution in [0.5, 0.6) is 0 Å². The van der Waals surface area contributed by atoms with Gasteiger partial charge >= 0.3 is 5.97 Å². The van der Waals surface area contributed by atoms with Crippen LogP contribution < -0.4 is 4.83 Å². The molecule has 2 aromatic carbocycles. The largest absolute Gasteiger partial charge is 0.461 e. The normalized spacial score (nSPS) is 11.9. The van der Waals surface area contributed by atoms with Crippen LogP contribution in [-0.2, 0) is 14.8 Å². The first-order chi connectivity index (χ1) is 14.3. The zero-order chi connectivity index (χ0) is 21.7. The Labute approximate surface area is 178 Å². The maximum atomic E-state index is 12.6. The molecule has 1 aromatic heterocycles. The standard InChI is InChI=1S/C19H18ClN5O4S/c1-3-29-19(26)17-13(2)25(23-21-17)18(14-9-11-15(20)12-10-14)22-24-30(27,28)16-7-5-4-6-8-16/h4-12,24H,3H2,1-2H3/b22-18+. The number of carbonyl (C=O) groups excluding carboxylic acids is 1. The van der Waals surface area contributed by atoms with Gasteiger partial charge in [0.15, 0.2) is 11.5 Å². The molecule has 0 bridgehead atoms. The molecule has 0 spiro atoms. The van der Waals surface area contributed by atoms with Gasteiger partial charge in [-0.2, -0.15) is 17.9 Å². The van der Waals surface area contributed by atoms with Crippen molar-refractivity contribution in [2.75, 3.05) is 6.61 Å². The van der Waals surface area contributed by atoms with Crippen molar-refractivity contribution < 1.29 is 17.9 Å². The van der Waals surface area contributed by atoms with E-state index in [0.717, 1.165) is 0 Å². The van der Waals surface area contributed by atoms with Gasteiger partial charge in [0.05, 0.1) is 17.2 Å². The average molecular weight is 448 g/mol. The second-order valence-electron chi connectivity index (χ2n) is 6.01. The minimum absolute atomic E-state index is 0.00410. The van der Waals surface area contributed by atoms with Crippen molar-refractivity contribution in [1.29, 1.82) is 0 Å². The number of halogens is 1. The molecule has 0 aliphatic rings. The molecule has 3 aromatic rings. The minimum Gasteiger partial charge on any atom is -0.461 e. The van der Waals surface area contributed by atoms with Gasteiger partial charge in [0, 0.05) is 10.6 Å². The maximum absolute atomic E-state index is 12.6. The van der Waals surface area contributed by atoms with E-state index in [9.17, 15) is 13.2 Å². The Hall–Kier alpha value is -3.24. The van der Waals surface area contributed by atoms with Crippen molar-refractivity contribution in [2.24, 2.45) is 5.10 Å². The van der Waals surface area contributed by atoms with E-state index in [1.807, 2.05) is 0 Å². The highest BCUT2D eigenvalue weighted by Crippen LogP contribution is 2.14. The molecule has 3 rings (SSSR count). The first-order valence-electron chi connectivity index (χ1n) is 8.83. The molecule has 0 unspecified atom stereocenters. The van der Waals surface area contributed by atoms with Crippen LogP contribution in [0, 0.1) is 6.92 Å². The molecule has 1 heterocycles. The SMILES string of the molecule is CCOC(=O)c1nnn(/C(=N/NS(=O)(=O)c2ccccc2)c2ccc(Cl)cc2)c1C. The van der Waals surface area contributed by atoms with Crippen LogP contribution >= 0.6 is 11.6 Å². The van der Waals surface area contributed by atoms with E-state index in [2.05, 4.69) is 20.2 Å². The number of nitrogens with zero attached hydrogens (tertiary/aromatic N) is 4. The molecule has 0 aliphatic heterocycles. The van der Waals surface area contributed by atoms with E-state index in [1.54, 1.807) is 56.3 Å². The summed E-state index contributed by atoms with van der Waals surface area (Å²) in [6, 6.07) is 14.3. The summed E-state index contributed by atoms with van der Waals surface area (Å²) in [4.78, 5) is 14.3. The number of ether oxygens (including phenoxy) is 1. The Morgan fingerprint density at radius 2 is 1.83 bits per heavy atom. The molecule has 1 N–H and O–H groups in total. The molecule has 0 saturated carbocycles. The van der Waals surface area contributed by atoms with E-state index in [0.29, 0.717) is 16.3 Å². The lowest BCUT2D eigenvalue weighted by Gasteiger charge is -2.10. The Morgan fingerprint density at radius 1 is 1.17 bits per heavy atom. The maximum Gasteiger partial charge on any atom is 0.360 e. The second-order valence-corrected chi connectivity index (χ2v) is 8.10. The highest BCUT2D eigenvalue weighted by molar-refractivity contribution is 7.89. The Kier molecular flexibility index (Phi) is 6.48. The Bertz CT molecular complexity index is 1180. The number of esters is 1. The molecule has 11 heteroatoms. The summed E-state index contributed by atoms with van der Waals surface area (Å²) in [6.07, 6.45) is 0. The summed E-state index contributed by atoms with van der Waals surface area (Å²) < 4.78 is 31.4. The number of hydrazone groups is 1. The van der Waals surface area contributed by atoms with Crippen LogP contribution in [0.3, 0.4) is 0 Å². The molecule has 156 valence electrons. The number of aromatic nitrogens is 3. The fourth-order valence-electron chi connectivity index (χ4n) is 2.51. The van der Waals surface area contributed by atoms with Crippen molar-refractivity contribution in [3.63, 3.8) is 0 Å². The van der Waals surface area contributed by atoms with Crippen molar-refractivity contribution in [3.8, 4) is 0 Å². The lowest BCUT2D eigenvalue weighted by Crippen LogP contribution is -2.25. The Balaban J connectivity index is 2.05. The first kappa shape index (κ1) is 21.5. The smallest absolute Gasteiger partial charge is 0.360 e. The fourth-order valence-corrected chi connectivity index (χ4v) is 3.46. The molecular weight excluding hydrogens is 430 g/mol. The minimum atomic E-state index is -3.93. The predicted molar refractivity (Wildman–Crippen MR) is 111 cm³/mol. The molecule has 0 fully saturated rings. The van der Waals surface area contributed by atoms with Crippen LogP contribution in [0.2, 0.25) is 5.02 Å². The number of hydrogen-bond donors (Lipinski definition) is 1. The second kappa shape index (κ2) is 9.06. The van der Waals surface area contributed by atoms with Gasteiger partial charge in [-0.25, -0.2) is 4.79 Å². The van der Waals surface area contributed by atoms with Crippen LogP contribution in [0.1, 0.15) is 28.7 Å². The topological polar surface area (TPSA) is 116 Å². The molecule has 30 heavy (non-hydrogen) atoms. The van der Waals surface area contributed by atoms with Crippen molar-refractivity contribution >= 4 is 33.4 Å². The number of benzene rings is 2. The lowest BCUT2D eigenvalue weighted by atomic mass is 10.2. The highest BCUT2D eigenvalue weighted by atomic mass is 35.5. The summed E-state index contributed by atoms with van der Waals surface area (Å²) in [5.74, 6) is -0.534. The monoisotopic (exact) mass is 447 g/mol. The summed E-state index contributed by atoms with van der Waals surface area (Å²) in [7, 11) is -3.93. The molecule has 0 aliphatic carbocycles. The third kappa shape index (κ3) is 4.66. The number of hydrogen-bond acceptors (Lipinski definition) is 7. The van der Waals surface area contributed by atoms with Crippen molar-refractivity contribution in [3.05, 3.63) is 76.6 Å². The summed E-state index contributed by atoms with van der Waals surface area (Å²) >= 11 is 5.96. The van der Waals surface area contributed by atoms with Crippen LogP contribution in [0.4, 0.5) is 0 Å². The number of nitrogens with one attached hydrogen (secondary N) is 1. The van der Waals surface area contributed by atoms with Gasteiger partial charge in [0.2, 0.25) is 0 Å². The summed E-state index contributed by atoms with van der Waals surface area (Å²) in [5.41, 5.74) is 0.837. The van der Waals surface area contributed by atoms with E-state index in [1.165, 1.54) is 16.8 Å². The van der Waals surface area contributed by atoms with E-state index < -0.39 is 16.0 Å². The molecular formula is C19H18ClN5O4S. The quantitative estimate of drug-likeness (QED) is 0.269. The van der Waals surface area contributed by atoms with Gasteiger partial charge in [-0.15, -0.1) is 10.2 Å². The van der Waals surface area contributed by atoms with E-state index in [4.69, 9.17) is 16.3 Å². The van der Waals surface area contributed by atoms with Gasteiger partial charge < -0.3 is 4.74 Å². The number of rotatable bonds is 6. The fraction of sp³-hybridized carbons (Fsp3) is 0.158. The third-order valence-corrected chi connectivity index (χ3v) is 5.47. The summed E-state index contributed by atoms with van der Waals surface area (Å²) in [5, 5.41) is 12.4. The molecule has 9 nitrogen and oxygen atoms in total. The van der Waals surface area contributed by atoms with E-state index in [-0.39, 0.29) is 23.0 Å². The zero-order valence-electron chi connectivity index (χ0n) is 16.1. The Morgan fingerprint density at radius 3 is 2.47 bits per heavy atom. The number of carbonyl (C=O) groups is 1.